The summed E-state index contributed by atoms with van der Waals surface area (Å²) in [6.45, 7) is 3.34. The number of nitrogens with one attached hydrogen (secondary N) is 1. The number of aliphatic carboxylic acids is 1. The summed E-state index contributed by atoms with van der Waals surface area (Å²) in [4.78, 5) is 25.1. The van der Waals surface area contributed by atoms with E-state index < -0.39 is 11.5 Å². The third-order valence-corrected chi connectivity index (χ3v) is 4.33. The lowest BCUT2D eigenvalue weighted by Gasteiger charge is -2.40. The monoisotopic (exact) mass is 254 g/mol. The zero-order valence-electron chi connectivity index (χ0n) is 10.9. The van der Waals surface area contributed by atoms with Crippen molar-refractivity contribution < 1.29 is 14.7 Å². The van der Waals surface area contributed by atoms with Gasteiger partial charge in [0.05, 0.1) is 0 Å². The number of rotatable bonds is 5. The Labute approximate surface area is 108 Å². The number of carbonyl (C=O) groups is 2. The molecule has 0 unspecified atom stereocenters. The first-order valence-corrected chi connectivity index (χ1v) is 6.88. The number of amides is 2. The molecule has 0 aliphatic heterocycles. The molecule has 102 valence electrons. The lowest BCUT2D eigenvalue weighted by Crippen LogP contribution is -2.62. The Balaban J connectivity index is 1.90. The van der Waals surface area contributed by atoms with E-state index >= 15 is 0 Å². The summed E-state index contributed by atoms with van der Waals surface area (Å²) in [7, 11) is 0. The fourth-order valence-electron chi connectivity index (χ4n) is 2.55. The van der Waals surface area contributed by atoms with Crippen molar-refractivity contribution in [2.45, 2.75) is 51.0 Å². The van der Waals surface area contributed by atoms with Gasteiger partial charge < -0.3 is 15.3 Å². The lowest BCUT2D eigenvalue weighted by atomic mass is 9.77. The molecular formula is C13H22N2O3. The van der Waals surface area contributed by atoms with Crippen molar-refractivity contribution in [3.8, 4) is 0 Å². The van der Waals surface area contributed by atoms with E-state index in [-0.39, 0.29) is 6.03 Å². The number of urea groups is 1. The van der Waals surface area contributed by atoms with Crippen LogP contribution in [-0.2, 0) is 4.79 Å². The Morgan fingerprint density at radius 2 is 2.00 bits per heavy atom. The maximum atomic E-state index is 12.1. The standard InChI is InChI=1S/C13H22N2O3/c1-2-15(9-10-5-3-6-10)12(18)14-13(11(16)17)7-4-8-13/h10H,2-9H2,1H3,(H,14,18)(H,16,17). The van der Waals surface area contributed by atoms with E-state index in [1.807, 2.05) is 6.92 Å². The van der Waals surface area contributed by atoms with Gasteiger partial charge in [-0.15, -0.1) is 0 Å². The molecule has 0 atom stereocenters. The third-order valence-electron chi connectivity index (χ3n) is 4.33. The molecule has 0 radical (unpaired) electrons. The molecule has 0 saturated heterocycles. The molecule has 0 bridgehead atoms. The molecule has 0 aromatic rings. The first-order valence-electron chi connectivity index (χ1n) is 6.88. The van der Waals surface area contributed by atoms with E-state index in [1.165, 1.54) is 19.3 Å². The topological polar surface area (TPSA) is 69.6 Å². The van der Waals surface area contributed by atoms with Gasteiger partial charge in [0.2, 0.25) is 0 Å². The van der Waals surface area contributed by atoms with E-state index in [4.69, 9.17) is 0 Å². The van der Waals surface area contributed by atoms with Crippen LogP contribution < -0.4 is 5.32 Å². The smallest absolute Gasteiger partial charge is 0.329 e. The van der Waals surface area contributed by atoms with Gasteiger partial charge in [0.15, 0.2) is 0 Å². The highest BCUT2D eigenvalue weighted by Crippen LogP contribution is 2.32. The SMILES string of the molecule is CCN(CC1CCC1)C(=O)NC1(C(=O)O)CCC1. The first-order chi connectivity index (χ1) is 8.57. The van der Waals surface area contributed by atoms with E-state index in [1.54, 1.807) is 4.90 Å². The van der Waals surface area contributed by atoms with E-state index in [2.05, 4.69) is 5.32 Å². The molecule has 5 nitrogen and oxygen atoms in total. The van der Waals surface area contributed by atoms with Crippen LogP contribution in [0, 0.1) is 5.92 Å². The van der Waals surface area contributed by atoms with Gasteiger partial charge in [-0.3, -0.25) is 0 Å². The number of hydrogen-bond acceptors (Lipinski definition) is 2. The van der Waals surface area contributed by atoms with Crippen LogP contribution in [0.2, 0.25) is 0 Å². The molecule has 2 aliphatic rings. The van der Waals surface area contributed by atoms with Crippen molar-refractivity contribution >= 4 is 12.0 Å². The zero-order chi connectivity index (χ0) is 13.2. The number of carboxylic acid groups (broad SMARTS) is 1. The fourth-order valence-corrected chi connectivity index (χ4v) is 2.55. The molecule has 18 heavy (non-hydrogen) atoms. The predicted molar refractivity (Wildman–Crippen MR) is 67.3 cm³/mol. The summed E-state index contributed by atoms with van der Waals surface area (Å²) in [5.74, 6) is -0.292. The van der Waals surface area contributed by atoms with Crippen molar-refractivity contribution in [1.82, 2.24) is 10.2 Å². The van der Waals surface area contributed by atoms with Crippen molar-refractivity contribution in [1.29, 1.82) is 0 Å². The minimum Gasteiger partial charge on any atom is -0.480 e. The Hall–Kier alpha value is -1.26. The predicted octanol–water partition coefficient (Wildman–Crippen LogP) is 1.83. The summed E-state index contributed by atoms with van der Waals surface area (Å²) in [6, 6.07) is -0.216. The van der Waals surface area contributed by atoms with E-state index in [0.29, 0.717) is 25.3 Å². The maximum absolute atomic E-state index is 12.1. The Morgan fingerprint density at radius 1 is 1.33 bits per heavy atom. The number of carboxylic acids is 1. The summed E-state index contributed by atoms with van der Waals surface area (Å²) in [5.41, 5.74) is -0.996. The highest BCUT2D eigenvalue weighted by atomic mass is 16.4. The molecule has 2 N–H and O–H groups in total. The van der Waals surface area contributed by atoms with E-state index in [0.717, 1.165) is 13.0 Å². The van der Waals surface area contributed by atoms with Crippen LogP contribution in [0.4, 0.5) is 4.79 Å². The maximum Gasteiger partial charge on any atom is 0.329 e. The molecule has 2 fully saturated rings. The summed E-state index contributed by atoms with van der Waals surface area (Å²) < 4.78 is 0. The van der Waals surface area contributed by atoms with Crippen molar-refractivity contribution in [3.05, 3.63) is 0 Å². The van der Waals surface area contributed by atoms with Crippen molar-refractivity contribution in [3.63, 3.8) is 0 Å². The normalized spacial score (nSPS) is 21.6. The van der Waals surface area contributed by atoms with Gasteiger partial charge in [-0.2, -0.15) is 0 Å². The lowest BCUT2D eigenvalue weighted by molar-refractivity contribution is -0.148. The van der Waals surface area contributed by atoms with Crippen molar-refractivity contribution in [2.75, 3.05) is 13.1 Å². The van der Waals surface area contributed by atoms with Gasteiger partial charge in [-0.25, -0.2) is 9.59 Å². The summed E-state index contributed by atoms with van der Waals surface area (Å²) >= 11 is 0. The first kappa shape index (κ1) is 13.2. The van der Waals surface area contributed by atoms with Crippen LogP contribution in [0.25, 0.3) is 0 Å². The Bertz CT molecular complexity index is 335. The number of nitrogens with zero attached hydrogens (tertiary/aromatic N) is 1. The molecule has 0 aromatic carbocycles. The van der Waals surface area contributed by atoms with Crippen LogP contribution in [0.3, 0.4) is 0 Å². The molecule has 0 heterocycles. The van der Waals surface area contributed by atoms with Gasteiger partial charge in [0, 0.05) is 13.1 Å². The second-order valence-corrected chi connectivity index (χ2v) is 5.51. The van der Waals surface area contributed by atoms with Crippen LogP contribution in [0.15, 0.2) is 0 Å². The molecule has 2 amide bonds. The largest absolute Gasteiger partial charge is 0.480 e. The quantitative estimate of drug-likeness (QED) is 0.786. The highest BCUT2D eigenvalue weighted by Gasteiger charge is 2.46. The molecular weight excluding hydrogens is 232 g/mol. The Morgan fingerprint density at radius 3 is 2.33 bits per heavy atom. The fraction of sp³-hybridized carbons (Fsp3) is 0.846. The summed E-state index contributed by atoms with van der Waals surface area (Å²) in [5, 5.41) is 11.9. The minimum atomic E-state index is -0.996. The van der Waals surface area contributed by atoms with Crippen LogP contribution in [0.1, 0.15) is 45.4 Å². The minimum absolute atomic E-state index is 0.216. The highest BCUT2D eigenvalue weighted by molar-refractivity contribution is 5.87. The molecule has 0 aromatic heterocycles. The number of hydrogen-bond donors (Lipinski definition) is 2. The third kappa shape index (κ3) is 2.44. The van der Waals surface area contributed by atoms with E-state index in [9.17, 15) is 14.7 Å². The molecule has 2 rings (SSSR count). The van der Waals surface area contributed by atoms with Gasteiger partial charge in [-0.05, 0) is 44.9 Å². The average Bonchev–Trinajstić information content (AvgIpc) is 2.21. The molecule has 5 heteroatoms. The Kier molecular flexibility index (Phi) is 3.78. The van der Waals surface area contributed by atoms with Crippen LogP contribution in [0.5, 0.6) is 0 Å². The zero-order valence-corrected chi connectivity index (χ0v) is 10.9. The second kappa shape index (κ2) is 5.16. The van der Waals surface area contributed by atoms with Gasteiger partial charge in [-0.1, -0.05) is 6.42 Å². The summed E-state index contributed by atoms with van der Waals surface area (Å²) in [6.07, 6.45) is 5.61. The van der Waals surface area contributed by atoms with Gasteiger partial charge >= 0.3 is 12.0 Å². The second-order valence-electron chi connectivity index (χ2n) is 5.51. The van der Waals surface area contributed by atoms with Crippen molar-refractivity contribution in [2.24, 2.45) is 5.92 Å². The molecule has 0 spiro atoms. The average molecular weight is 254 g/mol. The van der Waals surface area contributed by atoms with Gasteiger partial charge in [0.25, 0.3) is 0 Å². The molecule has 2 aliphatic carbocycles. The van der Waals surface area contributed by atoms with Crippen LogP contribution >= 0.6 is 0 Å². The number of carbonyl (C=O) groups excluding carboxylic acids is 1. The van der Waals surface area contributed by atoms with Crippen LogP contribution in [-0.4, -0.2) is 40.6 Å². The van der Waals surface area contributed by atoms with Gasteiger partial charge in [0.1, 0.15) is 5.54 Å². The molecule has 2 saturated carbocycles.